The molecule has 0 radical (unpaired) electrons. The van der Waals surface area contributed by atoms with Crippen LogP contribution >= 0.6 is 0 Å². The highest BCUT2D eigenvalue weighted by Gasteiger charge is 2.25. The number of nitrogens with zero attached hydrogens (tertiary/aromatic N) is 2. The Hall–Kier alpha value is -1.03. The molecule has 2 N–H and O–H groups in total. The molecular weight excluding hydrogens is 226 g/mol. The summed E-state index contributed by atoms with van der Waals surface area (Å²) in [6.45, 7) is 9.13. The predicted molar refractivity (Wildman–Crippen MR) is 73.8 cm³/mol. The lowest BCUT2D eigenvalue weighted by Gasteiger charge is -2.21. The summed E-state index contributed by atoms with van der Waals surface area (Å²) in [5.74, 6) is 2.78. The van der Waals surface area contributed by atoms with E-state index in [0.29, 0.717) is 11.8 Å². The summed E-state index contributed by atoms with van der Waals surface area (Å²) in [7, 11) is 0. The number of rotatable bonds is 4. The highest BCUT2D eigenvalue weighted by Crippen LogP contribution is 2.31. The van der Waals surface area contributed by atoms with Crippen molar-refractivity contribution in [3.63, 3.8) is 0 Å². The monoisotopic (exact) mass is 251 g/mol. The molecule has 4 heteroatoms. The van der Waals surface area contributed by atoms with E-state index >= 15 is 0 Å². The molecule has 0 aromatic carbocycles. The molecule has 0 amide bonds. The van der Waals surface area contributed by atoms with E-state index in [1.807, 2.05) is 0 Å². The molecule has 0 aliphatic carbocycles. The third-order valence-electron chi connectivity index (χ3n) is 3.58. The molecule has 1 unspecified atom stereocenters. The molecule has 0 spiro atoms. The van der Waals surface area contributed by atoms with Crippen molar-refractivity contribution in [3.05, 3.63) is 11.5 Å². The smallest absolute Gasteiger partial charge is 0.127 e. The van der Waals surface area contributed by atoms with Gasteiger partial charge in [-0.2, -0.15) is 0 Å². The van der Waals surface area contributed by atoms with Crippen molar-refractivity contribution in [1.29, 1.82) is 0 Å². The van der Waals surface area contributed by atoms with Crippen LogP contribution in [0.4, 0.5) is 5.82 Å². The Labute approximate surface area is 110 Å². The maximum Gasteiger partial charge on any atom is 0.127 e. The lowest BCUT2D eigenvalue weighted by molar-refractivity contribution is 0.0795. The molecule has 1 fully saturated rings. The number of imidazole rings is 1. The van der Waals surface area contributed by atoms with Gasteiger partial charge in [-0.15, -0.1) is 0 Å². The van der Waals surface area contributed by atoms with Gasteiger partial charge in [-0.05, 0) is 19.3 Å². The average Bonchev–Trinajstić information content (AvgIpc) is 2.69. The Balaban J connectivity index is 2.32. The Morgan fingerprint density at radius 1 is 1.50 bits per heavy atom. The molecule has 4 nitrogen and oxygen atoms in total. The molecule has 1 aliphatic rings. The number of hydrogen-bond donors (Lipinski definition) is 1. The SMILES string of the molecule is CCCn1c(C(C)C)nc(C2CCCOC2)c1N. The number of anilines is 1. The molecule has 102 valence electrons. The summed E-state index contributed by atoms with van der Waals surface area (Å²) in [4.78, 5) is 4.81. The van der Waals surface area contributed by atoms with Crippen LogP contribution in [-0.2, 0) is 11.3 Å². The van der Waals surface area contributed by atoms with Crippen LogP contribution in [0, 0.1) is 0 Å². The first-order valence-corrected chi connectivity index (χ1v) is 7.08. The minimum absolute atomic E-state index is 0.384. The molecule has 18 heavy (non-hydrogen) atoms. The quantitative estimate of drug-likeness (QED) is 0.895. The Bertz CT molecular complexity index is 392. The number of hydrogen-bond acceptors (Lipinski definition) is 3. The Morgan fingerprint density at radius 3 is 2.83 bits per heavy atom. The average molecular weight is 251 g/mol. The van der Waals surface area contributed by atoms with Crippen LogP contribution < -0.4 is 5.73 Å². The van der Waals surface area contributed by atoms with Gasteiger partial charge in [0, 0.05) is 25.0 Å². The van der Waals surface area contributed by atoms with Crippen molar-refractivity contribution in [3.8, 4) is 0 Å². The van der Waals surface area contributed by atoms with Crippen molar-refractivity contribution >= 4 is 5.82 Å². The van der Waals surface area contributed by atoms with Gasteiger partial charge >= 0.3 is 0 Å². The maximum absolute atomic E-state index is 6.30. The number of ether oxygens (including phenoxy) is 1. The third kappa shape index (κ3) is 2.53. The summed E-state index contributed by atoms with van der Waals surface area (Å²) in [5, 5.41) is 0. The molecule has 1 saturated heterocycles. The van der Waals surface area contributed by atoms with Gasteiger partial charge in [0.15, 0.2) is 0 Å². The maximum atomic E-state index is 6.30. The fraction of sp³-hybridized carbons (Fsp3) is 0.786. The van der Waals surface area contributed by atoms with E-state index < -0.39 is 0 Å². The Morgan fingerprint density at radius 2 is 2.28 bits per heavy atom. The van der Waals surface area contributed by atoms with E-state index in [9.17, 15) is 0 Å². The molecule has 1 aliphatic heterocycles. The zero-order valence-corrected chi connectivity index (χ0v) is 11.8. The fourth-order valence-electron chi connectivity index (χ4n) is 2.66. The second-order valence-corrected chi connectivity index (χ2v) is 5.46. The topological polar surface area (TPSA) is 53.1 Å². The highest BCUT2D eigenvalue weighted by molar-refractivity contribution is 5.41. The van der Waals surface area contributed by atoms with Gasteiger partial charge in [0.1, 0.15) is 11.6 Å². The number of nitrogen functional groups attached to an aromatic ring is 1. The zero-order valence-electron chi connectivity index (χ0n) is 11.8. The minimum Gasteiger partial charge on any atom is -0.384 e. The first-order valence-electron chi connectivity index (χ1n) is 7.08. The van der Waals surface area contributed by atoms with E-state index in [2.05, 4.69) is 25.3 Å². The lowest BCUT2D eigenvalue weighted by atomic mass is 9.98. The molecule has 2 heterocycles. The van der Waals surface area contributed by atoms with Gasteiger partial charge < -0.3 is 15.0 Å². The summed E-state index contributed by atoms with van der Waals surface area (Å²) in [5.41, 5.74) is 7.37. The van der Waals surface area contributed by atoms with E-state index in [4.69, 9.17) is 15.5 Å². The lowest BCUT2D eigenvalue weighted by Crippen LogP contribution is -2.17. The summed E-state index contributed by atoms with van der Waals surface area (Å²) >= 11 is 0. The second-order valence-electron chi connectivity index (χ2n) is 5.46. The van der Waals surface area contributed by atoms with Crippen molar-refractivity contribution in [2.45, 2.75) is 58.4 Å². The van der Waals surface area contributed by atoms with Crippen LogP contribution in [0.2, 0.25) is 0 Å². The molecule has 0 bridgehead atoms. The summed E-state index contributed by atoms with van der Waals surface area (Å²) < 4.78 is 7.75. The highest BCUT2D eigenvalue weighted by atomic mass is 16.5. The van der Waals surface area contributed by atoms with Crippen LogP contribution in [-0.4, -0.2) is 22.8 Å². The molecule has 1 aromatic rings. The van der Waals surface area contributed by atoms with Crippen LogP contribution in [0.25, 0.3) is 0 Å². The van der Waals surface area contributed by atoms with Crippen LogP contribution in [0.3, 0.4) is 0 Å². The molecule has 1 atom stereocenters. The second kappa shape index (κ2) is 5.74. The first-order chi connectivity index (χ1) is 8.65. The van der Waals surface area contributed by atoms with E-state index in [0.717, 1.165) is 56.4 Å². The fourth-order valence-corrected chi connectivity index (χ4v) is 2.66. The number of aromatic nitrogens is 2. The first kappa shape index (κ1) is 13.4. The Kier molecular flexibility index (Phi) is 4.27. The van der Waals surface area contributed by atoms with Gasteiger partial charge in [-0.3, -0.25) is 0 Å². The van der Waals surface area contributed by atoms with Crippen molar-refractivity contribution < 1.29 is 4.74 Å². The van der Waals surface area contributed by atoms with Crippen molar-refractivity contribution in [1.82, 2.24) is 9.55 Å². The van der Waals surface area contributed by atoms with Crippen LogP contribution in [0.5, 0.6) is 0 Å². The molecule has 2 rings (SSSR count). The summed E-state index contributed by atoms with van der Waals surface area (Å²) in [6, 6.07) is 0. The predicted octanol–water partition coefficient (Wildman–Crippen LogP) is 2.89. The molecule has 1 aromatic heterocycles. The summed E-state index contributed by atoms with van der Waals surface area (Å²) in [6.07, 6.45) is 3.34. The minimum atomic E-state index is 0.384. The van der Waals surface area contributed by atoms with Gasteiger partial charge in [0.05, 0.1) is 12.3 Å². The van der Waals surface area contributed by atoms with E-state index in [-0.39, 0.29) is 0 Å². The van der Waals surface area contributed by atoms with Crippen LogP contribution in [0.1, 0.15) is 63.4 Å². The van der Waals surface area contributed by atoms with Gasteiger partial charge in [0.25, 0.3) is 0 Å². The molecule has 0 saturated carbocycles. The zero-order chi connectivity index (χ0) is 13.1. The van der Waals surface area contributed by atoms with Gasteiger partial charge in [-0.25, -0.2) is 4.98 Å². The van der Waals surface area contributed by atoms with Crippen LogP contribution in [0.15, 0.2) is 0 Å². The largest absolute Gasteiger partial charge is 0.384 e. The van der Waals surface area contributed by atoms with E-state index in [1.165, 1.54) is 0 Å². The van der Waals surface area contributed by atoms with Gasteiger partial charge in [-0.1, -0.05) is 20.8 Å². The standard InChI is InChI=1S/C14H25N3O/c1-4-7-17-13(15)12(16-14(17)10(2)3)11-6-5-8-18-9-11/h10-11H,4-9,15H2,1-3H3. The van der Waals surface area contributed by atoms with E-state index in [1.54, 1.807) is 0 Å². The third-order valence-corrected chi connectivity index (χ3v) is 3.58. The van der Waals surface area contributed by atoms with Crippen molar-refractivity contribution in [2.24, 2.45) is 0 Å². The number of nitrogens with two attached hydrogens (primary N) is 1. The van der Waals surface area contributed by atoms with Gasteiger partial charge in [0.2, 0.25) is 0 Å². The van der Waals surface area contributed by atoms with Crippen molar-refractivity contribution in [2.75, 3.05) is 18.9 Å². The molecular formula is C14H25N3O. The normalized spacial score (nSPS) is 20.6.